The Morgan fingerprint density at radius 1 is 1.03 bits per heavy atom. The van der Waals surface area contributed by atoms with E-state index >= 15 is 0 Å². The van der Waals surface area contributed by atoms with Crippen molar-refractivity contribution in [2.75, 3.05) is 23.7 Å². The molecule has 7 heteroatoms. The molecule has 0 radical (unpaired) electrons. The number of amides is 1. The maximum absolute atomic E-state index is 13.1. The number of hydrogen-bond acceptors (Lipinski definition) is 4. The Bertz CT molecular complexity index is 1040. The van der Waals surface area contributed by atoms with E-state index in [-0.39, 0.29) is 5.91 Å². The Morgan fingerprint density at radius 3 is 2.27 bits per heavy atom. The molecule has 1 N–H and O–H groups in total. The molecule has 0 aliphatic carbocycles. The number of nitrogens with one attached hydrogen (secondary N) is 1. The normalized spacial score (nSPS) is 15.8. The van der Waals surface area contributed by atoms with Crippen LogP contribution in [0.4, 0.5) is 5.69 Å². The van der Waals surface area contributed by atoms with Gasteiger partial charge < -0.3 is 5.32 Å². The molecule has 1 aliphatic heterocycles. The van der Waals surface area contributed by atoms with Crippen LogP contribution >= 0.6 is 0 Å². The molecule has 1 atom stereocenters. The summed E-state index contributed by atoms with van der Waals surface area (Å²) in [6.07, 6.45) is 5.41. The molecular weight excluding hydrogens is 434 g/mol. The molecule has 0 bridgehead atoms. The number of likely N-dealkylation sites (tertiary alicyclic amines) is 1. The molecule has 0 saturated carbocycles. The lowest BCUT2D eigenvalue weighted by Crippen LogP contribution is -2.49. The maximum atomic E-state index is 13.1. The van der Waals surface area contributed by atoms with E-state index in [4.69, 9.17) is 0 Å². The Morgan fingerprint density at radius 2 is 1.67 bits per heavy atom. The van der Waals surface area contributed by atoms with Gasteiger partial charge in [0.2, 0.25) is 15.9 Å². The second-order valence-corrected chi connectivity index (χ2v) is 11.0. The van der Waals surface area contributed by atoms with E-state index in [0.29, 0.717) is 18.7 Å². The van der Waals surface area contributed by atoms with Crippen LogP contribution in [-0.2, 0) is 27.9 Å². The van der Waals surface area contributed by atoms with Gasteiger partial charge in [0.1, 0.15) is 6.04 Å². The first kappa shape index (κ1) is 25.2. The molecule has 0 unspecified atom stereocenters. The van der Waals surface area contributed by atoms with E-state index in [1.807, 2.05) is 51.1 Å². The number of carbonyl (C=O) groups is 1. The number of sulfonamides is 1. The number of nitrogens with zero attached hydrogens (tertiary/aromatic N) is 2. The van der Waals surface area contributed by atoms with Crippen molar-refractivity contribution in [3.63, 3.8) is 0 Å². The lowest BCUT2D eigenvalue weighted by atomic mass is 10.1. The summed E-state index contributed by atoms with van der Waals surface area (Å²) in [4.78, 5) is 15.6. The van der Waals surface area contributed by atoms with Gasteiger partial charge in [0.15, 0.2) is 0 Å². The van der Waals surface area contributed by atoms with Crippen LogP contribution < -0.4 is 9.62 Å². The van der Waals surface area contributed by atoms with Crippen LogP contribution in [0.15, 0.2) is 42.5 Å². The number of carbonyl (C=O) groups excluding carboxylic acids is 1. The van der Waals surface area contributed by atoms with E-state index < -0.39 is 16.1 Å². The fraction of sp³-hybridized carbons (Fsp3) is 0.500. The van der Waals surface area contributed by atoms with Crippen LogP contribution in [0, 0.1) is 13.8 Å². The van der Waals surface area contributed by atoms with E-state index in [1.54, 1.807) is 0 Å². The van der Waals surface area contributed by atoms with Crippen molar-refractivity contribution >= 4 is 21.6 Å². The minimum Gasteiger partial charge on any atom is -0.350 e. The highest BCUT2D eigenvalue weighted by atomic mass is 32.2. The summed E-state index contributed by atoms with van der Waals surface area (Å²) in [7, 11) is -3.65. The highest BCUT2D eigenvalue weighted by molar-refractivity contribution is 7.92. The van der Waals surface area contributed by atoms with Gasteiger partial charge >= 0.3 is 0 Å². The molecule has 1 aliphatic rings. The van der Waals surface area contributed by atoms with Crippen molar-refractivity contribution in [1.82, 2.24) is 10.2 Å². The number of hydrogen-bond donors (Lipinski definition) is 1. The highest BCUT2D eigenvalue weighted by Crippen LogP contribution is 2.27. The molecule has 6 nitrogen and oxygen atoms in total. The highest BCUT2D eigenvalue weighted by Gasteiger charge is 2.32. The smallest absolute Gasteiger partial charge is 0.244 e. The summed E-state index contributed by atoms with van der Waals surface area (Å²) >= 11 is 0. The van der Waals surface area contributed by atoms with Crippen LogP contribution in [0.2, 0.25) is 0 Å². The van der Waals surface area contributed by atoms with Gasteiger partial charge in [0.25, 0.3) is 0 Å². The number of rotatable bonds is 9. The van der Waals surface area contributed by atoms with Gasteiger partial charge in [-0.2, -0.15) is 0 Å². The molecule has 1 saturated heterocycles. The zero-order chi connectivity index (χ0) is 24.0. The molecule has 33 heavy (non-hydrogen) atoms. The van der Waals surface area contributed by atoms with Gasteiger partial charge in [-0.1, -0.05) is 49.7 Å². The van der Waals surface area contributed by atoms with E-state index in [0.717, 1.165) is 42.6 Å². The summed E-state index contributed by atoms with van der Waals surface area (Å²) in [6, 6.07) is 13.2. The monoisotopic (exact) mass is 471 g/mol. The van der Waals surface area contributed by atoms with Crippen LogP contribution in [0.5, 0.6) is 0 Å². The van der Waals surface area contributed by atoms with Crippen molar-refractivity contribution in [2.45, 2.75) is 65.6 Å². The lowest BCUT2D eigenvalue weighted by molar-refractivity contribution is -0.122. The summed E-state index contributed by atoms with van der Waals surface area (Å²) in [5.74, 6) is -0.291. The van der Waals surface area contributed by atoms with Crippen LogP contribution in [0.3, 0.4) is 0 Å². The third kappa shape index (κ3) is 6.81. The van der Waals surface area contributed by atoms with Gasteiger partial charge in [-0.25, -0.2) is 8.42 Å². The van der Waals surface area contributed by atoms with Gasteiger partial charge in [-0.3, -0.25) is 14.0 Å². The standard InChI is InChI=1S/C26H37N3O3S/c1-5-24(29(33(4,31)32)25-17-20(2)9-10-21(25)3)26(30)27-18-22-11-13-23(14-12-22)19-28-15-7-6-8-16-28/h9-14,17,24H,5-8,15-16,18-19H2,1-4H3,(H,27,30)/t24-/m0/s1. The molecule has 0 aromatic heterocycles. The Hall–Kier alpha value is -2.38. The predicted octanol–water partition coefficient (Wildman–Crippen LogP) is 4.15. The molecule has 2 aromatic rings. The molecule has 0 spiro atoms. The molecule has 1 fully saturated rings. The fourth-order valence-corrected chi connectivity index (χ4v) is 5.70. The van der Waals surface area contributed by atoms with Crippen molar-refractivity contribution in [3.05, 3.63) is 64.7 Å². The second kappa shape index (κ2) is 11.2. The summed E-state index contributed by atoms with van der Waals surface area (Å²) in [5, 5.41) is 2.95. The number of anilines is 1. The van der Waals surface area contributed by atoms with Gasteiger partial charge in [-0.05, 0) is 74.5 Å². The van der Waals surface area contributed by atoms with Crippen molar-refractivity contribution in [1.29, 1.82) is 0 Å². The lowest BCUT2D eigenvalue weighted by Gasteiger charge is -2.31. The largest absolute Gasteiger partial charge is 0.350 e. The topological polar surface area (TPSA) is 69.7 Å². The van der Waals surface area contributed by atoms with Gasteiger partial charge in [0, 0.05) is 13.1 Å². The van der Waals surface area contributed by atoms with E-state index in [2.05, 4.69) is 22.3 Å². The molecule has 3 rings (SSSR count). The zero-order valence-electron chi connectivity index (χ0n) is 20.3. The van der Waals surface area contributed by atoms with E-state index in [9.17, 15) is 13.2 Å². The van der Waals surface area contributed by atoms with Crippen molar-refractivity contribution in [2.24, 2.45) is 0 Å². The predicted molar refractivity (Wildman–Crippen MR) is 135 cm³/mol. The average molecular weight is 472 g/mol. The molecule has 2 aromatic carbocycles. The first-order valence-electron chi connectivity index (χ1n) is 11.8. The second-order valence-electron chi connectivity index (χ2n) is 9.14. The molecular formula is C26H37N3O3S. The number of aryl methyl sites for hydroxylation is 2. The third-order valence-corrected chi connectivity index (χ3v) is 7.44. The van der Waals surface area contributed by atoms with Crippen LogP contribution in [0.1, 0.15) is 54.9 Å². The SMILES string of the molecule is CC[C@@H](C(=O)NCc1ccc(CN2CCCCC2)cc1)N(c1cc(C)ccc1C)S(C)(=O)=O. The Balaban J connectivity index is 1.68. The Kier molecular flexibility index (Phi) is 8.54. The van der Waals surface area contributed by atoms with Gasteiger partial charge in [-0.15, -0.1) is 0 Å². The van der Waals surface area contributed by atoms with E-state index in [1.165, 1.54) is 29.1 Å². The third-order valence-electron chi connectivity index (χ3n) is 6.28. The number of piperidine rings is 1. The molecule has 180 valence electrons. The molecule has 1 heterocycles. The summed E-state index contributed by atoms with van der Waals surface area (Å²) < 4.78 is 26.7. The summed E-state index contributed by atoms with van der Waals surface area (Å²) in [5.41, 5.74) is 4.60. The minimum atomic E-state index is -3.65. The van der Waals surface area contributed by atoms with Crippen molar-refractivity contribution in [3.8, 4) is 0 Å². The maximum Gasteiger partial charge on any atom is 0.244 e. The first-order chi connectivity index (χ1) is 15.7. The van der Waals surface area contributed by atoms with Gasteiger partial charge in [0.05, 0.1) is 11.9 Å². The quantitative estimate of drug-likeness (QED) is 0.597. The summed E-state index contributed by atoms with van der Waals surface area (Å²) in [6.45, 7) is 9.26. The van der Waals surface area contributed by atoms with Crippen LogP contribution in [-0.4, -0.2) is 44.6 Å². The minimum absolute atomic E-state index is 0.291. The zero-order valence-corrected chi connectivity index (χ0v) is 21.1. The molecule has 1 amide bonds. The number of benzene rings is 2. The fourth-order valence-electron chi connectivity index (χ4n) is 4.44. The average Bonchev–Trinajstić information content (AvgIpc) is 2.78. The van der Waals surface area contributed by atoms with Crippen LogP contribution in [0.25, 0.3) is 0 Å². The first-order valence-corrected chi connectivity index (χ1v) is 13.7. The van der Waals surface area contributed by atoms with Crippen molar-refractivity contribution < 1.29 is 13.2 Å². The Labute approximate surface area is 199 Å².